The zero-order valence-electron chi connectivity index (χ0n) is 19.1. The van der Waals surface area contributed by atoms with E-state index in [2.05, 4.69) is 29.6 Å². The molecule has 0 amide bonds. The quantitative estimate of drug-likeness (QED) is 0.410. The van der Waals surface area contributed by atoms with Crippen molar-refractivity contribution >= 4 is 17.0 Å². The number of ether oxygens (including phenoxy) is 1. The average molecular weight is 448 g/mol. The third-order valence-electron chi connectivity index (χ3n) is 6.70. The van der Waals surface area contributed by atoms with Crippen molar-refractivity contribution in [3.05, 3.63) is 53.7 Å². The predicted octanol–water partition coefficient (Wildman–Crippen LogP) is 6.76. The molecule has 3 aromatic rings. The zero-order valence-corrected chi connectivity index (χ0v) is 19.9. The molecule has 1 aromatic heterocycles. The Bertz CT molecular complexity index is 1080. The molecule has 0 saturated heterocycles. The third-order valence-corrected chi connectivity index (χ3v) is 7.78. The second-order valence-electron chi connectivity index (χ2n) is 9.42. The number of nitrogen functional groups attached to an aromatic ring is 1. The van der Waals surface area contributed by atoms with Crippen LogP contribution in [0.4, 0.5) is 5.69 Å². The van der Waals surface area contributed by atoms with Gasteiger partial charge in [-0.25, -0.2) is 4.98 Å². The minimum atomic E-state index is 0.103. The molecule has 5 heteroatoms. The maximum atomic E-state index is 6.24. The number of nitrogens with zero attached hydrogens (tertiary/aromatic N) is 1. The van der Waals surface area contributed by atoms with E-state index < -0.39 is 0 Å². The van der Waals surface area contributed by atoms with E-state index in [4.69, 9.17) is 15.5 Å². The molecule has 1 heterocycles. The first-order valence-electron chi connectivity index (χ1n) is 12.0. The summed E-state index contributed by atoms with van der Waals surface area (Å²) in [5.74, 6) is 0.734. The van der Waals surface area contributed by atoms with Crippen LogP contribution in [0, 0.1) is 0 Å². The Labute approximate surface area is 195 Å². The summed E-state index contributed by atoms with van der Waals surface area (Å²) in [6.45, 7) is 4.02. The number of hydrogen-bond acceptors (Lipinski definition) is 5. The van der Waals surface area contributed by atoms with E-state index >= 15 is 0 Å². The number of benzene rings is 2. The molecule has 1 fully saturated rings. The van der Waals surface area contributed by atoms with Gasteiger partial charge < -0.3 is 15.8 Å². The van der Waals surface area contributed by atoms with Crippen LogP contribution in [0.25, 0.3) is 21.0 Å². The summed E-state index contributed by atoms with van der Waals surface area (Å²) in [5, 5.41) is 4.97. The van der Waals surface area contributed by atoms with Gasteiger partial charge in [-0.3, -0.25) is 0 Å². The van der Waals surface area contributed by atoms with Gasteiger partial charge in [-0.1, -0.05) is 37.5 Å². The highest BCUT2D eigenvalue weighted by molar-refractivity contribution is 7.18. The van der Waals surface area contributed by atoms with Gasteiger partial charge in [-0.15, -0.1) is 11.3 Å². The Morgan fingerprint density at radius 2 is 1.94 bits per heavy atom. The van der Waals surface area contributed by atoms with Crippen molar-refractivity contribution in [2.75, 3.05) is 5.73 Å². The largest absolute Gasteiger partial charge is 0.489 e. The molecule has 2 aliphatic carbocycles. The number of anilines is 1. The molecule has 168 valence electrons. The van der Waals surface area contributed by atoms with Gasteiger partial charge in [-0.2, -0.15) is 0 Å². The minimum absolute atomic E-state index is 0.103. The minimum Gasteiger partial charge on any atom is -0.489 e. The second kappa shape index (κ2) is 9.24. The van der Waals surface area contributed by atoms with E-state index in [0.717, 1.165) is 22.7 Å². The molecule has 5 rings (SSSR count). The van der Waals surface area contributed by atoms with Crippen LogP contribution < -0.4 is 15.8 Å². The van der Waals surface area contributed by atoms with Crippen LogP contribution in [-0.2, 0) is 6.42 Å². The highest BCUT2D eigenvalue weighted by atomic mass is 32.1. The summed E-state index contributed by atoms with van der Waals surface area (Å²) < 4.78 is 5.78. The molecule has 2 aliphatic rings. The topological polar surface area (TPSA) is 60.2 Å². The molecule has 0 spiro atoms. The normalized spacial score (nSPS) is 18.8. The van der Waals surface area contributed by atoms with Gasteiger partial charge in [0.05, 0.1) is 16.7 Å². The van der Waals surface area contributed by atoms with E-state index in [1.807, 2.05) is 32.2 Å². The van der Waals surface area contributed by atoms with E-state index in [1.54, 1.807) is 11.3 Å². The lowest BCUT2D eigenvalue weighted by Crippen LogP contribution is -2.33. The van der Waals surface area contributed by atoms with Crippen molar-refractivity contribution in [3.8, 4) is 26.8 Å². The van der Waals surface area contributed by atoms with E-state index in [1.165, 1.54) is 60.1 Å². The van der Waals surface area contributed by atoms with Crippen LogP contribution in [0.2, 0.25) is 0 Å². The van der Waals surface area contributed by atoms with Crippen molar-refractivity contribution in [2.24, 2.45) is 0 Å². The first-order valence-corrected chi connectivity index (χ1v) is 12.8. The molecule has 1 saturated carbocycles. The van der Waals surface area contributed by atoms with Crippen LogP contribution in [0.1, 0.15) is 69.5 Å². The Morgan fingerprint density at radius 3 is 2.72 bits per heavy atom. The number of thiazole rings is 1. The maximum absolute atomic E-state index is 6.24. The van der Waals surface area contributed by atoms with Crippen molar-refractivity contribution < 1.29 is 4.74 Å². The van der Waals surface area contributed by atoms with Gasteiger partial charge in [0.25, 0.3) is 0 Å². The van der Waals surface area contributed by atoms with Crippen molar-refractivity contribution in [2.45, 2.75) is 77.0 Å². The number of fused-ring (bicyclic) bond motifs is 1. The maximum Gasteiger partial charge on any atom is 0.142 e. The fourth-order valence-corrected chi connectivity index (χ4v) is 6.15. The molecule has 0 bridgehead atoms. The lowest BCUT2D eigenvalue weighted by Gasteiger charge is -2.27. The first kappa shape index (κ1) is 21.5. The van der Waals surface area contributed by atoms with Crippen molar-refractivity contribution in [3.63, 3.8) is 0 Å². The van der Waals surface area contributed by atoms with Gasteiger partial charge in [0, 0.05) is 23.8 Å². The molecule has 2 aromatic carbocycles. The van der Waals surface area contributed by atoms with Gasteiger partial charge in [0.1, 0.15) is 10.8 Å². The van der Waals surface area contributed by atoms with Crippen molar-refractivity contribution in [1.82, 2.24) is 10.3 Å². The Hall–Kier alpha value is -2.37. The number of nitrogens with one attached hydrogen (secondary N) is 1. The van der Waals surface area contributed by atoms with Gasteiger partial charge in [0.2, 0.25) is 0 Å². The summed E-state index contributed by atoms with van der Waals surface area (Å²) in [7, 11) is 0. The van der Waals surface area contributed by atoms with Gasteiger partial charge in [-0.05, 0) is 74.4 Å². The SMILES string of the molecule is CC(C)Oc1ccc(-c2ncc(-c3cccc4c3CCC4NC3CCCCC3)s2)cc1N. The number of rotatable bonds is 6. The fourth-order valence-electron chi connectivity index (χ4n) is 5.19. The molecule has 0 aliphatic heterocycles. The van der Waals surface area contributed by atoms with Crippen LogP contribution in [0.15, 0.2) is 42.6 Å². The molecule has 1 unspecified atom stereocenters. The molecule has 1 atom stereocenters. The average Bonchev–Trinajstić information content (AvgIpc) is 3.43. The van der Waals surface area contributed by atoms with Crippen molar-refractivity contribution in [1.29, 1.82) is 0 Å². The Morgan fingerprint density at radius 1 is 1.09 bits per heavy atom. The molecule has 0 radical (unpaired) electrons. The second-order valence-corrected chi connectivity index (χ2v) is 10.4. The number of nitrogens with two attached hydrogens (primary N) is 1. The highest BCUT2D eigenvalue weighted by Crippen LogP contribution is 2.42. The third kappa shape index (κ3) is 4.41. The highest BCUT2D eigenvalue weighted by Gasteiger charge is 2.27. The number of aromatic nitrogens is 1. The van der Waals surface area contributed by atoms with Crippen LogP contribution in [0.5, 0.6) is 5.75 Å². The lowest BCUT2D eigenvalue weighted by atomic mass is 9.94. The smallest absolute Gasteiger partial charge is 0.142 e. The summed E-state index contributed by atoms with van der Waals surface area (Å²) >= 11 is 1.74. The summed E-state index contributed by atoms with van der Waals surface area (Å²) in [4.78, 5) is 5.97. The zero-order chi connectivity index (χ0) is 22.1. The number of hydrogen-bond donors (Lipinski definition) is 2. The first-order chi connectivity index (χ1) is 15.6. The Kier molecular flexibility index (Phi) is 6.20. The van der Waals surface area contributed by atoms with E-state index in [0.29, 0.717) is 17.8 Å². The van der Waals surface area contributed by atoms with E-state index in [9.17, 15) is 0 Å². The molecule has 3 N–H and O–H groups in total. The van der Waals surface area contributed by atoms with Crippen LogP contribution in [0.3, 0.4) is 0 Å². The molecular formula is C27H33N3OS. The standard InChI is InChI=1S/C27H33N3OS/c1-17(2)31-25-14-11-18(15-23(25)28)27-29-16-26(32-27)22-10-6-9-21-20(22)12-13-24(21)30-19-7-4-3-5-8-19/h6,9-11,14-17,19,24,30H,3-5,7-8,12-13,28H2,1-2H3. The van der Waals surface area contributed by atoms with Crippen LogP contribution in [-0.4, -0.2) is 17.1 Å². The van der Waals surface area contributed by atoms with Gasteiger partial charge >= 0.3 is 0 Å². The Balaban J connectivity index is 1.38. The predicted molar refractivity (Wildman–Crippen MR) is 134 cm³/mol. The van der Waals surface area contributed by atoms with E-state index in [-0.39, 0.29) is 6.10 Å². The summed E-state index contributed by atoms with van der Waals surface area (Å²) in [5.41, 5.74) is 12.3. The molecule has 4 nitrogen and oxygen atoms in total. The lowest BCUT2D eigenvalue weighted by molar-refractivity contribution is 0.244. The monoisotopic (exact) mass is 447 g/mol. The van der Waals surface area contributed by atoms with Crippen LogP contribution >= 0.6 is 11.3 Å². The summed E-state index contributed by atoms with van der Waals surface area (Å²) in [6.07, 6.45) is 11.3. The fraction of sp³-hybridized carbons (Fsp3) is 0.444. The summed E-state index contributed by atoms with van der Waals surface area (Å²) in [6, 6.07) is 13.9. The molecular weight excluding hydrogens is 414 g/mol. The molecule has 32 heavy (non-hydrogen) atoms. The van der Waals surface area contributed by atoms with Gasteiger partial charge in [0.15, 0.2) is 0 Å².